The van der Waals surface area contributed by atoms with Crippen molar-refractivity contribution in [2.45, 2.75) is 6.92 Å². The van der Waals surface area contributed by atoms with Crippen LogP contribution in [0.5, 0.6) is 0 Å². The highest BCUT2D eigenvalue weighted by Gasteiger charge is 2.14. The molecular formula is C18H15N7O. The minimum absolute atomic E-state index is 0.0540. The summed E-state index contributed by atoms with van der Waals surface area (Å²) in [4.78, 5) is 24.9. The van der Waals surface area contributed by atoms with E-state index in [9.17, 15) is 4.79 Å². The number of hydrogen-bond donors (Lipinski definition) is 2. The van der Waals surface area contributed by atoms with Crippen molar-refractivity contribution < 1.29 is 4.79 Å². The highest BCUT2D eigenvalue weighted by Crippen LogP contribution is 2.16. The van der Waals surface area contributed by atoms with Crippen molar-refractivity contribution in [1.82, 2.24) is 24.6 Å². The van der Waals surface area contributed by atoms with Crippen LogP contribution in [-0.4, -0.2) is 30.5 Å². The van der Waals surface area contributed by atoms with Gasteiger partial charge in [0.1, 0.15) is 5.82 Å². The molecular weight excluding hydrogens is 330 g/mol. The quantitative estimate of drug-likeness (QED) is 0.590. The van der Waals surface area contributed by atoms with Crippen LogP contribution in [0.4, 0.5) is 17.2 Å². The molecule has 4 aromatic rings. The van der Waals surface area contributed by atoms with Gasteiger partial charge < -0.3 is 10.6 Å². The van der Waals surface area contributed by atoms with Crippen molar-refractivity contribution in [3.05, 3.63) is 72.4 Å². The van der Waals surface area contributed by atoms with Gasteiger partial charge in [-0.1, -0.05) is 18.2 Å². The van der Waals surface area contributed by atoms with Crippen molar-refractivity contribution in [3.8, 4) is 0 Å². The van der Waals surface area contributed by atoms with Gasteiger partial charge in [0.05, 0.1) is 11.9 Å². The second-order valence-corrected chi connectivity index (χ2v) is 5.61. The molecule has 2 N–H and O–H groups in total. The number of pyridine rings is 1. The Hall–Kier alpha value is -3.81. The molecule has 26 heavy (non-hydrogen) atoms. The Morgan fingerprint density at radius 1 is 1.00 bits per heavy atom. The lowest BCUT2D eigenvalue weighted by Crippen LogP contribution is -2.14. The van der Waals surface area contributed by atoms with Crippen molar-refractivity contribution >= 4 is 28.9 Å². The van der Waals surface area contributed by atoms with E-state index in [0.29, 0.717) is 17.3 Å². The Labute approximate surface area is 149 Å². The molecule has 0 aliphatic carbocycles. The number of hydrogen-bond acceptors (Lipinski definition) is 6. The molecule has 0 spiro atoms. The normalized spacial score (nSPS) is 10.7. The molecule has 0 saturated heterocycles. The third-order valence-corrected chi connectivity index (χ3v) is 3.70. The van der Waals surface area contributed by atoms with Crippen molar-refractivity contribution in [2.24, 2.45) is 0 Å². The number of fused-ring (bicyclic) bond motifs is 1. The largest absolute Gasteiger partial charge is 0.340 e. The van der Waals surface area contributed by atoms with Crippen LogP contribution in [0.2, 0.25) is 0 Å². The zero-order valence-corrected chi connectivity index (χ0v) is 13.9. The molecule has 0 radical (unpaired) electrons. The number of nitrogens with zero attached hydrogens (tertiary/aromatic N) is 5. The van der Waals surface area contributed by atoms with E-state index in [-0.39, 0.29) is 5.82 Å². The number of amides is 1. The number of aromatic nitrogens is 5. The van der Waals surface area contributed by atoms with Gasteiger partial charge in [-0.15, -0.1) is 5.10 Å². The van der Waals surface area contributed by atoms with E-state index < -0.39 is 5.91 Å². The van der Waals surface area contributed by atoms with Crippen LogP contribution in [0.25, 0.3) is 5.78 Å². The summed E-state index contributed by atoms with van der Waals surface area (Å²) in [5.41, 5.74) is 2.34. The smallest absolute Gasteiger partial charge is 0.295 e. The number of carbonyl (C=O) groups is 1. The highest BCUT2D eigenvalue weighted by molar-refractivity contribution is 6.01. The second-order valence-electron chi connectivity index (χ2n) is 5.61. The van der Waals surface area contributed by atoms with Crippen molar-refractivity contribution in [3.63, 3.8) is 0 Å². The first-order valence-electron chi connectivity index (χ1n) is 7.97. The topological polar surface area (TPSA) is 97.1 Å². The van der Waals surface area contributed by atoms with E-state index in [1.807, 2.05) is 37.3 Å². The molecule has 3 heterocycles. The molecule has 0 unspecified atom stereocenters. The van der Waals surface area contributed by atoms with Crippen LogP contribution in [0.1, 0.15) is 16.3 Å². The van der Waals surface area contributed by atoms with Crippen molar-refractivity contribution in [2.75, 3.05) is 10.6 Å². The van der Waals surface area contributed by atoms with Crippen molar-refractivity contribution in [1.29, 1.82) is 0 Å². The molecule has 0 atom stereocenters. The Bertz CT molecular complexity index is 1060. The SMILES string of the molecule is Cc1ccnc2nc(C(=O)Nc3ccc(Nc4ccccc4)nc3)nn12. The molecule has 0 bridgehead atoms. The summed E-state index contributed by atoms with van der Waals surface area (Å²) < 4.78 is 1.53. The summed E-state index contributed by atoms with van der Waals surface area (Å²) in [6, 6.07) is 15.1. The summed E-state index contributed by atoms with van der Waals surface area (Å²) in [7, 11) is 0. The first-order valence-corrected chi connectivity index (χ1v) is 7.97. The van der Waals surface area contributed by atoms with Gasteiger partial charge in [-0.05, 0) is 37.3 Å². The van der Waals surface area contributed by atoms with E-state index in [2.05, 4.69) is 30.7 Å². The zero-order valence-electron chi connectivity index (χ0n) is 13.9. The molecule has 8 heteroatoms. The monoisotopic (exact) mass is 345 g/mol. The molecule has 0 aliphatic heterocycles. The first kappa shape index (κ1) is 15.7. The van der Waals surface area contributed by atoms with E-state index >= 15 is 0 Å². The molecule has 0 aliphatic rings. The van der Waals surface area contributed by atoms with Crippen LogP contribution in [0.3, 0.4) is 0 Å². The number of nitrogens with one attached hydrogen (secondary N) is 2. The minimum atomic E-state index is -0.416. The number of aryl methyl sites for hydroxylation is 1. The maximum atomic E-state index is 12.4. The second kappa shape index (κ2) is 6.60. The average Bonchev–Trinajstić information content (AvgIpc) is 3.10. The Balaban J connectivity index is 1.47. The minimum Gasteiger partial charge on any atom is -0.340 e. The van der Waals surface area contributed by atoms with Gasteiger partial charge in [-0.3, -0.25) is 4.79 Å². The standard InChI is InChI=1S/C18H15N7O/c1-12-9-10-19-18-23-16(24-25(12)18)17(26)22-14-7-8-15(20-11-14)21-13-5-3-2-4-6-13/h2-11H,1H3,(H,20,21)(H,22,26). The molecule has 4 rings (SSSR count). The fourth-order valence-electron chi connectivity index (χ4n) is 2.40. The van der Waals surface area contributed by atoms with Gasteiger partial charge in [0.2, 0.25) is 5.82 Å². The molecule has 128 valence electrons. The zero-order chi connectivity index (χ0) is 17.9. The summed E-state index contributed by atoms with van der Waals surface area (Å²) in [5, 5.41) is 10.1. The van der Waals surface area contributed by atoms with Gasteiger partial charge in [-0.2, -0.15) is 4.98 Å². The number of benzene rings is 1. The lowest BCUT2D eigenvalue weighted by atomic mass is 10.3. The Kier molecular flexibility index (Phi) is 3.98. The van der Waals surface area contributed by atoms with Crippen LogP contribution >= 0.6 is 0 Å². The average molecular weight is 345 g/mol. The lowest BCUT2D eigenvalue weighted by Gasteiger charge is -2.06. The van der Waals surface area contributed by atoms with Gasteiger partial charge in [0.15, 0.2) is 0 Å². The first-order chi connectivity index (χ1) is 12.7. The Morgan fingerprint density at radius 2 is 1.85 bits per heavy atom. The summed E-state index contributed by atoms with van der Waals surface area (Å²) in [5.74, 6) is 0.703. The lowest BCUT2D eigenvalue weighted by molar-refractivity contribution is 0.101. The van der Waals surface area contributed by atoms with Crippen LogP contribution in [0, 0.1) is 6.92 Å². The van der Waals surface area contributed by atoms with Crippen LogP contribution in [-0.2, 0) is 0 Å². The highest BCUT2D eigenvalue weighted by atomic mass is 16.2. The number of anilines is 3. The summed E-state index contributed by atoms with van der Waals surface area (Å²) in [6.07, 6.45) is 3.20. The molecule has 1 amide bonds. The van der Waals surface area contributed by atoms with Gasteiger partial charge >= 0.3 is 0 Å². The van der Waals surface area contributed by atoms with Crippen LogP contribution in [0.15, 0.2) is 60.9 Å². The van der Waals surface area contributed by atoms with Gasteiger partial charge in [-0.25, -0.2) is 14.5 Å². The van der Waals surface area contributed by atoms with E-state index in [1.165, 1.54) is 4.52 Å². The molecule has 0 fully saturated rings. The summed E-state index contributed by atoms with van der Waals surface area (Å²) in [6.45, 7) is 1.87. The fraction of sp³-hybridized carbons (Fsp3) is 0.0556. The number of para-hydroxylation sites is 1. The predicted molar refractivity (Wildman–Crippen MR) is 97.4 cm³/mol. The fourth-order valence-corrected chi connectivity index (χ4v) is 2.40. The maximum Gasteiger partial charge on any atom is 0.295 e. The van der Waals surface area contributed by atoms with E-state index in [0.717, 1.165) is 11.4 Å². The molecule has 3 aromatic heterocycles. The number of rotatable bonds is 4. The van der Waals surface area contributed by atoms with E-state index in [4.69, 9.17) is 0 Å². The third kappa shape index (κ3) is 3.20. The maximum absolute atomic E-state index is 12.4. The predicted octanol–water partition coefficient (Wildman–Crippen LogP) is 2.82. The summed E-state index contributed by atoms with van der Waals surface area (Å²) >= 11 is 0. The molecule has 0 saturated carbocycles. The van der Waals surface area contributed by atoms with Crippen LogP contribution < -0.4 is 10.6 Å². The Morgan fingerprint density at radius 3 is 2.58 bits per heavy atom. The van der Waals surface area contributed by atoms with Gasteiger partial charge in [0, 0.05) is 17.6 Å². The third-order valence-electron chi connectivity index (χ3n) is 3.70. The number of carbonyl (C=O) groups excluding carboxylic acids is 1. The van der Waals surface area contributed by atoms with Gasteiger partial charge in [0.25, 0.3) is 11.7 Å². The van der Waals surface area contributed by atoms with E-state index in [1.54, 1.807) is 30.6 Å². The molecule has 1 aromatic carbocycles. The molecule has 8 nitrogen and oxygen atoms in total.